The van der Waals surface area contributed by atoms with E-state index in [4.69, 9.17) is 0 Å². The van der Waals surface area contributed by atoms with Crippen LogP contribution in [-0.2, 0) is 0 Å². The molecule has 5 aromatic rings. The Hall–Kier alpha value is -4.44. The van der Waals surface area contributed by atoms with Crippen LogP contribution in [0.3, 0.4) is 0 Å². The Bertz CT molecular complexity index is 1360. The molecule has 0 aliphatic rings. The molecular formula is C28H18O4. The van der Waals surface area contributed by atoms with E-state index < -0.39 is 11.9 Å². The van der Waals surface area contributed by atoms with Crippen LogP contribution in [0.2, 0.25) is 0 Å². The van der Waals surface area contributed by atoms with Gasteiger partial charge in [0, 0.05) is 0 Å². The van der Waals surface area contributed by atoms with Crippen LogP contribution in [0.15, 0.2) is 97.1 Å². The van der Waals surface area contributed by atoms with Crippen LogP contribution < -0.4 is 0 Å². The predicted molar refractivity (Wildman–Crippen MR) is 126 cm³/mol. The van der Waals surface area contributed by atoms with E-state index >= 15 is 0 Å². The zero-order chi connectivity index (χ0) is 22.2. The summed E-state index contributed by atoms with van der Waals surface area (Å²) in [4.78, 5) is 24.0. The molecule has 0 aliphatic heterocycles. The highest BCUT2D eigenvalue weighted by Gasteiger charge is 2.21. The van der Waals surface area contributed by atoms with Gasteiger partial charge in [0.1, 0.15) is 0 Å². The van der Waals surface area contributed by atoms with Crippen LogP contribution in [0.1, 0.15) is 20.7 Å². The van der Waals surface area contributed by atoms with E-state index in [-0.39, 0.29) is 11.1 Å². The van der Waals surface area contributed by atoms with Gasteiger partial charge in [-0.3, -0.25) is 0 Å². The highest BCUT2D eigenvalue weighted by Crippen LogP contribution is 2.44. The Morgan fingerprint density at radius 3 is 1.03 bits per heavy atom. The summed E-state index contributed by atoms with van der Waals surface area (Å²) in [5.41, 5.74) is 3.36. The summed E-state index contributed by atoms with van der Waals surface area (Å²) in [5.74, 6) is -1.98. The fourth-order valence-electron chi connectivity index (χ4n) is 4.48. The van der Waals surface area contributed by atoms with Gasteiger partial charge in [-0.05, 0) is 55.9 Å². The number of fused-ring (bicyclic) bond motifs is 2. The van der Waals surface area contributed by atoms with Crippen molar-refractivity contribution in [2.24, 2.45) is 0 Å². The van der Waals surface area contributed by atoms with Crippen LogP contribution in [0.25, 0.3) is 43.8 Å². The second kappa shape index (κ2) is 7.67. The van der Waals surface area contributed by atoms with E-state index in [1.807, 2.05) is 72.8 Å². The topological polar surface area (TPSA) is 74.6 Å². The van der Waals surface area contributed by atoms with Crippen molar-refractivity contribution in [3.05, 3.63) is 108 Å². The molecule has 32 heavy (non-hydrogen) atoms. The zero-order valence-corrected chi connectivity index (χ0v) is 16.9. The summed E-state index contributed by atoms with van der Waals surface area (Å²) in [6.07, 6.45) is 0. The number of hydrogen-bond donors (Lipinski definition) is 2. The lowest BCUT2D eigenvalue weighted by Crippen LogP contribution is -2.02. The Morgan fingerprint density at radius 2 is 0.719 bits per heavy atom. The number of aromatic carboxylic acids is 2. The number of hydrogen-bond acceptors (Lipinski definition) is 2. The average Bonchev–Trinajstić information content (AvgIpc) is 2.82. The van der Waals surface area contributed by atoms with Crippen molar-refractivity contribution < 1.29 is 19.8 Å². The van der Waals surface area contributed by atoms with Crippen LogP contribution in [-0.4, -0.2) is 22.2 Å². The van der Waals surface area contributed by atoms with Gasteiger partial charge >= 0.3 is 11.9 Å². The summed E-state index contributed by atoms with van der Waals surface area (Å²) < 4.78 is 0. The largest absolute Gasteiger partial charge is 0.478 e. The molecule has 0 amide bonds. The summed E-state index contributed by atoms with van der Waals surface area (Å²) in [7, 11) is 0. The Balaban J connectivity index is 2.02. The first-order valence-electron chi connectivity index (χ1n) is 10.2. The molecule has 0 saturated heterocycles. The van der Waals surface area contributed by atoms with Gasteiger partial charge in [-0.25, -0.2) is 9.59 Å². The summed E-state index contributed by atoms with van der Waals surface area (Å²) in [6, 6.07) is 29.5. The molecule has 0 heterocycles. The monoisotopic (exact) mass is 418 g/mol. The molecule has 4 heteroatoms. The third-order valence-electron chi connectivity index (χ3n) is 5.79. The van der Waals surface area contributed by atoms with Crippen molar-refractivity contribution in [2.45, 2.75) is 0 Å². The summed E-state index contributed by atoms with van der Waals surface area (Å²) >= 11 is 0. The lowest BCUT2D eigenvalue weighted by molar-refractivity contribution is 0.0687. The summed E-state index contributed by atoms with van der Waals surface area (Å²) in [5, 5.41) is 23.2. The maximum Gasteiger partial charge on any atom is 0.336 e. The van der Waals surface area contributed by atoms with Crippen molar-refractivity contribution in [3.63, 3.8) is 0 Å². The number of carboxylic acids is 2. The molecule has 0 unspecified atom stereocenters. The van der Waals surface area contributed by atoms with Crippen molar-refractivity contribution in [3.8, 4) is 22.3 Å². The molecule has 154 valence electrons. The van der Waals surface area contributed by atoms with Gasteiger partial charge in [-0.2, -0.15) is 0 Å². The van der Waals surface area contributed by atoms with Crippen LogP contribution >= 0.6 is 0 Å². The van der Waals surface area contributed by atoms with Gasteiger partial charge < -0.3 is 10.2 Å². The first-order valence-corrected chi connectivity index (χ1v) is 10.2. The van der Waals surface area contributed by atoms with Gasteiger partial charge in [0.15, 0.2) is 0 Å². The van der Waals surface area contributed by atoms with E-state index in [2.05, 4.69) is 0 Å². The molecule has 0 bridgehead atoms. The maximum absolute atomic E-state index is 12.0. The van der Waals surface area contributed by atoms with Crippen molar-refractivity contribution in [1.29, 1.82) is 0 Å². The molecule has 4 nitrogen and oxygen atoms in total. The number of rotatable bonds is 4. The van der Waals surface area contributed by atoms with Gasteiger partial charge in [0.05, 0.1) is 11.1 Å². The zero-order valence-electron chi connectivity index (χ0n) is 16.9. The fraction of sp³-hybridized carbons (Fsp3) is 0. The normalized spacial score (nSPS) is 11.0. The summed E-state index contributed by atoms with van der Waals surface area (Å²) in [6.45, 7) is 0. The van der Waals surface area contributed by atoms with E-state index in [1.165, 1.54) is 0 Å². The minimum Gasteiger partial charge on any atom is -0.478 e. The van der Waals surface area contributed by atoms with E-state index in [1.54, 1.807) is 24.3 Å². The molecule has 0 radical (unpaired) electrons. The molecule has 0 atom stereocenters. The van der Waals surface area contributed by atoms with E-state index in [0.29, 0.717) is 11.1 Å². The predicted octanol–water partition coefficient (Wildman–Crippen LogP) is 6.72. The van der Waals surface area contributed by atoms with Crippen LogP contribution in [0.4, 0.5) is 0 Å². The third kappa shape index (κ3) is 3.01. The Morgan fingerprint density at radius 1 is 0.438 bits per heavy atom. The maximum atomic E-state index is 12.0. The molecule has 0 fully saturated rings. The molecule has 0 aromatic heterocycles. The minimum atomic E-state index is -0.992. The molecule has 0 spiro atoms. The standard InChI is InChI=1S/C28H18O4/c29-27(30)23-15-7-5-13-21(23)25-17-9-1-2-10-18(17)26(20-12-4-3-11-19(20)25)22-14-6-8-16-24(22)28(31)32/h1-16H,(H,29,30)(H,31,32). The van der Waals surface area contributed by atoms with Gasteiger partial charge in [0.2, 0.25) is 0 Å². The average molecular weight is 418 g/mol. The van der Waals surface area contributed by atoms with Crippen LogP contribution in [0, 0.1) is 0 Å². The molecule has 0 aliphatic carbocycles. The Kier molecular flexibility index (Phi) is 4.68. The molecular weight excluding hydrogens is 400 g/mol. The van der Waals surface area contributed by atoms with Crippen molar-refractivity contribution >= 4 is 33.5 Å². The molecule has 2 N–H and O–H groups in total. The number of carboxylic acid groups (broad SMARTS) is 2. The minimum absolute atomic E-state index is 0.224. The second-order valence-electron chi connectivity index (χ2n) is 7.54. The first kappa shape index (κ1) is 19.5. The smallest absolute Gasteiger partial charge is 0.336 e. The highest BCUT2D eigenvalue weighted by atomic mass is 16.4. The van der Waals surface area contributed by atoms with Crippen molar-refractivity contribution in [1.82, 2.24) is 0 Å². The Labute approximate surface area is 184 Å². The van der Waals surface area contributed by atoms with Gasteiger partial charge in [-0.15, -0.1) is 0 Å². The lowest BCUT2D eigenvalue weighted by atomic mass is 9.84. The highest BCUT2D eigenvalue weighted by molar-refractivity contribution is 6.23. The molecule has 0 saturated carbocycles. The van der Waals surface area contributed by atoms with E-state index in [0.717, 1.165) is 32.7 Å². The first-order chi connectivity index (χ1) is 15.6. The van der Waals surface area contributed by atoms with Gasteiger partial charge in [-0.1, -0.05) is 84.9 Å². The van der Waals surface area contributed by atoms with Crippen LogP contribution in [0.5, 0.6) is 0 Å². The third-order valence-corrected chi connectivity index (χ3v) is 5.79. The second-order valence-corrected chi connectivity index (χ2v) is 7.54. The quantitative estimate of drug-likeness (QED) is 0.318. The van der Waals surface area contributed by atoms with Crippen molar-refractivity contribution in [2.75, 3.05) is 0 Å². The molecule has 5 aromatic carbocycles. The number of benzene rings is 5. The number of carbonyl (C=O) groups is 2. The van der Waals surface area contributed by atoms with Gasteiger partial charge in [0.25, 0.3) is 0 Å². The lowest BCUT2D eigenvalue weighted by Gasteiger charge is -2.19. The SMILES string of the molecule is O=C(O)c1ccccc1-c1c2ccccc2c(-c2ccccc2C(=O)O)c2ccccc12. The molecule has 5 rings (SSSR count). The fourth-order valence-corrected chi connectivity index (χ4v) is 4.48. The van der Waals surface area contributed by atoms with E-state index in [9.17, 15) is 19.8 Å².